The summed E-state index contributed by atoms with van der Waals surface area (Å²) < 4.78 is 0. The fourth-order valence-electron chi connectivity index (χ4n) is 4.20. The van der Waals surface area contributed by atoms with Crippen molar-refractivity contribution in [2.45, 2.75) is 0 Å². The standard InChI is InChI=1S/C33H39N9O6S6/c43-28-22-4-1-5-23(40-22)29(44)35-11-17-50-52-19-13-37-31(46)25-7-3-9-27(42-25)33(48)39-15-21-54-53-20-14-38-32(47)26-8-2-6-24(41-26)30(45)36-12-18-51-49-16-10-34-28/h1-9H,10-21H2,(H,34,43)(H,35,44)(H,36,45)(H,37,46)(H,38,47)(H,39,48). The predicted octanol–water partition coefficient (Wildman–Crippen LogP) is 2.81. The fourth-order valence-corrected chi connectivity index (χ4v) is 9.64. The zero-order chi connectivity index (χ0) is 38.4. The molecular weight excluding hydrogens is 811 g/mol. The van der Waals surface area contributed by atoms with Crippen LogP contribution in [0.3, 0.4) is 0 Å². The van der Waals surface area contributed by atoms with Crippen LogP contribution >= 0.6 is 64.8 Å². The number of carbonyl (C=O) groups excluding carboxylic acids is 6. The van der Waals surface area contributed by atoms with Gasteiger partial charge in [0, 0.05) is 73.8 Å². The maximum absolute atomic E-state index is 12.6. The van der Waals surface area contributed by atoms with Crippen LogP contribution in [0.2, 0.25) is 0 Å². The maximum atomic E-state index is 12.6. The van der Waals surface area contributed by atoms with Gasteiger partial charge in [-0.1, -0.05) is 83.0 Å². The van der Waals surface area contributed by atoms with E-state index in [1.54, 1.807) is 54.6 Å². The summed E-state index contributed by atoms with van der Waals surface area (Å²) in [6, 6.07) is 14.1. The molecule has 1 aliphatic heterocycles. The monoisotopic (exact) mass is 849 g/mol. The molecule has 0 saturated carbocycles. The van der Waals surface area contributed by atoms with Gasteiger partial charge in [-0.25, -0.2) is 15.0 Å². The molecule has 4 rings (SSSR count). The van der Waals surface area contributed by atoms with Gasteiger partial charge >= 0.3 is 0 Å². The zero-order valence-electron chi connectivity index (χ0n) is 28.9. The quantitative estimate of drug-likeness (QED) is 0.180. The lowest BCUT2D eigenvalue weighted by atomic mass is 10.2. The summed E-state index contributed by atoms with van der Waals surface area (Å²) in [5, 5.41) is 16.8. The van der Waals surface area contributed by atoms with Crippen molar-refractivity contribution in [2.24, 2.45) is 0 Å². The van der Waals surface area contributed by atoms with Crippen molar-refractivity contribution in [1.82, 2.24) is 46.9 Å². The summed E-state index contributed by atoms with van der Waals surface area (Å²) in [6.07, 6.45) is 0. The molecule has 6 amide bonds. The Hall–Kier alpha value is -3.63. The van der Waals surface area contributed by atoms with Crippen LogP contribution in [0.1, 0.15) is 62.9 Å². The average molecular weight is 850 g/mol. The summed E-state index contributed by atoms with van der Waals surface area (Å²) in [7, 11) is 9.24. The summed E-state index contributed by atoms with van der Waals surface area (Å²) in [6.45, 7) is 2.32. The molecule has 0 aliphatic carbocycles. The third-order valence-corrected chi connectivity index (χ3v) is 13.9. The van der Waals surface area contributed by atoms with E-state index in [2.05, 4.69) is 46.9 Å². The molecule has 6 N–H and O–H groups in total. The Morgan fingerprint density at radius 3 is 0.648 bits per heavy atom. The molecule has 3 aromatic heterocycles. The molecule has 0 spiro atoms. The van der Waals surface area contributed by atoms with Crippen molar-refractivity contribution in [3.05, 3.63) is 88.8 Å². The Labute approximate surface area is 336 Å². The Bertz CT molecular complexity index is 1450. The van der Waals surface area contributed by atoms with E-state index in [1.165, 1.54) is 64.8 Å². The number of amides is 6. The van der Waals surface area contributed by atoms with Crippen molar-refractivity contribution in [3.8, 4) is 0 Å². The highest BCUT2D eigenvalue weighted by Crippen LogP contribution is 2.21. The van der Waals surface area contributed by atoms with Gasteiger partial charge in [0.15, 0.2) is 0 Å². The van der Waals surface area contributed by atoms with E-state index in [0.717, 1.165) is 0 Å². The van der Waals surface area contributed by atoms with Crippen molar-refractivity contribution in [1.29, 1.82) is 0 Å². The Balaban J connectivity index is 1.27. The van der Waals surface area contributed by atoms with Crippen molar-refractivity contribution in [3.63, 3.8) is 0 Å². The average Bonchev–Trinajstić information content (AvgIpc) is 3.20. The Kier molecular flexibility index (Phi) is 19.7. The number of pyridine rings is 3. The van der Waals surface area contributed by atoms with E-state index < -0.39 is 0 Å². The van der Waals surface area contributed by atoms with E-state index in [4.69, 9.17) is 0 Å². The molecule has 0 atom stereocenters. The highest BCUT2D eigenvalue weighted by atomic mass is 33.1. The van der Waals surface area contributed by atoms with Gasteiger partial charge in [-0.05, 0) is 36.4 Å². The summed E-state index contributed by atoms with van der Waals surface area (Å²) >= 11 is 0. The molecule has 1 aliphatic rings. The Morgan fingerprint density at radius 1 is 0.315 bits per heavy atom. The van der Waals surface area contributed by atoms with Crippen molar-refractivity contribution in [2.75, 3.05) is 73.8 Å². The number of hydrogen-bond acceptors (Lipinski definition) is 15. The van der Waals surface area contributed by atoms with Crippen molar-refractivity contribution >= 4 is 100 Å². The second-order valence-corrected chi connectivity index (χ2v) is 18.8. The third kappa shape index (κ3) is 15.6. The number of aromatic nitrogens is 3. The number of rotatable bonds is 0. The lowest BCUT2D eigenvalue weighted by Gasteiger charge is -2.08. The lowest BCUT2D eigenvalue weighted by Crippen LogP contribution is -2.29. The van der Waals surface area contributed by atoms with Crippen LogP contribution in [0, 0.1) is 0 Å². The SMILES string of the molecule is O=C1NCCSSCCNC(=O)c2cccc(n2)C(=O)NCCSSCCNC(=O)c2cccc(n2)C(=O)NCCSSCCNC(=O)c2cccc1n2. The first-order chi connectivity index (χ1) is 26.3. The molecule has 15 nitrogen and oxygen atoms in total. The summed E-state index contributed by atoms with van der Waals surface area (Å²) in [4.78, 5) is 88.3. The zero-order valence-corrected chi connectivity index (χ0v) is 33.8. The first-order valence-corrected chi connectivity index (χ1v) is 24.1. The second-order valence-electron chi connectivity index (χ2n) is 10.7. The summed E-state index contributed by atoms with van der Waals surface area (Å²) in [5.74, 6) is 1.38. The largest absolute Gasteiger partial charge is 0.350 e. The van der Waals surface area contributed by atoms with Crippen LogP contribution in [0.5, 0.6) is 0 Å². The number of hydrogen-bond donors (Lipinski definition) is 6. The van der Waals surface area contributed by atoms with Crippen LogP contribution in [0.25, 0.3) is 0 Å². The first kappa shape index (κ1) is 43.1. The molecule has 4 heterocycles. The van der Waals surface area contributed by atoms with Gasteiger partial charge in [0.05, 0.1) is 0 Å². The van der Waals surface area contributed by atoms with E-state index >= 15 is 0 Å². The van der Waals surface area contributed by atoms with Gasteiger partial charge in [0.1, 0.15) is 34.2 Å². The molecule has 288 valence electrons. The van der Waals surface area contributed by atoms with Crippen LogP contribution in [0.15, 0.2) is 54.6 Å². The topological polar surface area (TPSA) is 213 Å². The van der Waals surface area contributed by atoms with E-state index in [0.29, 0.717) is 73.8 Å². The highest BCUT2D eigenvalue weighted by molar-refractivity contribution is 8.77. The maximum Gasteiger partial charge on any atom is 0.269 e. The minimum atomic E-state index is -0.388. The molecule has 6 bridgehead atoms. The lowest BCUT2D eigenvalue weighted by molar-refractivity contribution is 0.0931. The minimum absolute atomic E-state index is 0.137. The normalized spacial score (nSPS) is 17.8. The minimum Gasteiger partial charge on any atom is -0.350 e. The van der Waals surface area contributed by atoms with E-state index in [1.807, 2.05) is 0 Å². The van der Waals surface area contributed by atoms with Gasteiger partial charge in [0.2, 0.25) is 0 Å². The number of carbonyl (C=O) groups is 6. The fraction of sp³-hybridized carbons (Fsp3) is 0.364. The molecule has 0 aromatic carbocycles. The predicted molar refractivity (Wildman–Crippen MR) is 221 cm³/mol. The van der Waals surface area contributed by atoms with E-state index in [9.17, 15) is 28.8 Å². The van der Waals surface area contributed by atoms with Gasteiger partial charge < -0.3 is 31.9 Å². The van der Waals surface area contributed by atoms with Gasteiger partial charge in [-0.2, -0.15) is 0 Å². The summed E-state index contributed by atoms with van der Waals surface area (Å²) in [5.41, 5.74) is 0.823. The van der Waals surface area contributed by atoms with Gasteiger partial charge in [-0.3, -0.25) is 28.8 Å². The second kappa shape index (κ2) is 24.7. The van der Waals surface area contributed by atoms with Crippen molar-refractivity contribution < 1.29 is 28.8 Å². The smallest absolute Gasteiger partial charge is 0.269 e. The van der Waals surface area contributed by atoms with Crippen LogP contribution in [0.4, 0.5) is 0 Å². The molecular formula is C33H39N9O6S6. The molecule has 0 unspecified atom stereocenters. The number of nitrogens with one attached hydrogen (secondary N) is 6. The molecule has 0 fully saturated rings. The first-order valence-electron chi connectivity index (χ1n) is 16.7. The molecule has 21 heteroatoms. The molecule has 0 radical (unpaired) electrons. The molecule has 54 heavy (non-hydrogen) atoms. The van der Waals surface area contributed by atoms with Gasteiger partial charge in [-0.15, -0.1) is 0 Å². The van der Waals surface area contributed by atoms with E-state index in [-0.39, 0.29) is 69.6 Å². The number of fused-ring (bicyclic) bond motifs is 6. The van der Waals surface area contributed by atoms with Crippen LogP contribution in [-0.2, 0) is 0 Å². The van der Waals surface area contributed by atoms with Crippen LogP contribution in [-0.4, -0.2) is 124 Å². The third-order valence-electron chi connectivity index (χ3n) is 6.72. The highest BCUT2D eigenvalue weighted by Gasteiger charge is 2.15. The van der Waals surface area contributed by atoms with Crippen LogP contribution < -0.4 is 31.9 Å². The molecule has 0 saturated heterocycles. The van der Waals surface area contributed by atoms with Gasteiger partial charge in [0.25, 0.3) is 35.4 Å². The molecule has 3 aromatic rings. The number of nitrogens with zero attached hydrogens (tertiary/aromatic N) is 3. The Morgan fingerprint density at radius 2 is 0.481 bits per heavy atom.